The first kappa shape index (κ1) is 13.6. The topological polar surface area (TPSA) is 50.2 Å². The minimum atomic E-state index is -0.0707. The number of rotatable bonds is 2. The molecular weight excluding hydrogens is 252 g/mol. The van der Waals surface area contributed by atoms with E-state index in [4.69, 9.17) is 0 Å². The molecule has 2 aliphatic rings. The number of hydrogen-bond acceptors (Lipinski definition) is 3. The Labute approximate surface area is 120 Å². The van der Waals surface area contributed by atoms with Crippen molar-refractivity contribution in [3.63, 3.8) is 0 Å². The number of aryl methyl sites for hydroxylation is 2. The van der Waals surface area contributed by atoms with Gasteiger partial charge in [-0.25, -0.2) is 0 Å². The Hall–Kier alpha value is -1.36. The van der Waals surface area contributed by atoms with Gasteiger partial charge in [-0.2, -0.15) is 5.10 Å². The third kappa shape index (κ3) is 2.46. The molecule has 1 amide bonds. The minimum absolute atomic E-state index is 0.0707. The van der Waals surface area contributed by atoms with E-state index in [-0.39, 0.29) is 5.41 Å². The maximum atomic E-state index is 12.2. The van der Waals surface area contributed by atoms with Gasteiger partial charge in [0, 0.05) is 31.9 Å². The average molecular weight is 276 g/mol. The second kappa shape index (κ2) is 5.20. The van der Waals surface area contributed by atoms with Crippen LogP contribution in [-0.4, -0.2) is 40.2 Å². The van der Waals surface area contributed by atoms with Gasteiger partial charge in [0.1, 0.15) is 0 Å². The fourth-order valence-corrected chi connectivity index (χ4v) is 3.59. The lowest BCUT2D eigenvalue weighted by atomic mass is 9.72. The summed E-state index contributed by atoms with van der Waals surface area (Å²) < 4.78 is 1.88. The number of carbonyl (C=O) groups is 1. The number of aromatic nitrogens is 2. The third-order valence-corrected chi connectivity index (χ3v) is 4.92. The molecule has 1 aromatic rings. The van der Waals surface area contributed by atoms with E-state index >= 15 is 0 Å². The van der Waals surface area contributed by atoms with Crippen LogP contribution in [0.25, 0.3) is 0 Å². The van der Waals surface area contributed by atoms with Crippen molar-refractivity contribution in [2.75, 3.05) is 19.6 Å². The summed E-state index contributed by atoms with van der Waals surface area (Å²) in [6.45, 7) is 5.91. The zero-order valence-corrected chi connectivity index (χ0v) is 12.5. The number of piperidine rings is 2. The lowest BCUT2D eigenvalue weighted by Gasteiger charge is -2.42. The smallest absolute Gasteiger partial charge is 0.226 e. The first-order valence-corrected chi connectivity index (χ1v) is 7.59. The summed E-state index contributed by atoms with van der Waals surface area (Å²) >= 11 is 0. The van der Waals surface area contributed by atoms with Crippen molar-refractivity contribution in [2.24, 2.45) is 12.5 Å². The maximum absolute atomic E-state index is 12.2. The Morgan fingerprint density at radius 1 is 1.35 bits per heavy atom. The van der Waals surface area contributed by atoms with Crippen molar-refractivity contribution >= 4 is 5.91 Å². The molecule has 0 aromatic carbocycles. The zero-order valence-electron chi connectivity index (χ0n) is 12.5. The summed E-state index contributed by atoms with van der Waals surface area (Å²) in [5.74, 6) is 0.293. The lowest BCUT2D eigenvalue weighted by Crippen LogP contribution is -2.51. The summed E-state index contributed by atoms with van der Waals surface area (Å²) in [4.78, 5) is 14.6. The molecule has 3 heterocycles. The van der Waals surface area contributed by atoms with E-state index in [1.807, 2.05) is 11.7 Å². The molecule has 1 N–H and O–H groups in total. The van der Waals surface area contributed by atoms with Crippen molar-refractivity contribution in [3.05, 3.63) is 17.5 Å². The zero-order chi connectivity index (χ0) is 14.2. The third-order valence-electron chi connectivity index (χ3n) is 4.92. The molecule has 2 saturated heterocycles. The summed E-state index contributed by atoms with van der Waals surface area (Å²) in [6.07, 6.45) is 6.30. The molecule has 5 nitrogen and oxygen atoms in total. The van der Waals surface area contributed by atoms with Gasteiger partial charge in [-0.05, 0) is 45.7 Å². The highest BCUT2D eigenvalue weighted by molar-refractivity contribution is 5.83. The number of likely N-dealkylation sites (tertiary alicyclic amines) is 1. The van der Waals surface area contributed by atoms with Crippen molar-refractivity contribution in [2.45, 2.75) is 39.2 Å². The van der Waals surface area contributed by atoms with Crippen LogP contribution in [0.2, 0.25) is 0 Å². The monoisotopic (exact) mass is 276 g/mol. The van der Waals surface area contributed by atoms with Crippen LogP contribution in [0.1, 0.15) is 36.9 Å². The van der Waals surface area contributed by atoms with E-state index in [1.165, 1.54) is 5.56 Å². The molecule has 1 spiro atoms. The van der Waals surface area contributed by atoms with Gasteiger partial charge in [0.05, 0.1) is 11.1 Å². The second-order valence-corrected chi connectivity index (χ2v) is 6.33. The molecule has 1 aromatic heterocycles. The Morgan fingerprint density at radius 3 is 2.70 bits per heavy atom. The molecular formula is C15H24N4O. The van der Waals surface area contributed by atoms with Crippen LogP contribution in [0, 0.1) is 12.3 Å². The molecule has 0 saturated carbocycles. The largest absolute Gasteiger partial charge is 0.356 e. The predicted octanol–water partition coefficient (Wildman–Crippen LogP) is 1.22. The van der Waals surface area contributed by atoms with E-state index in [9.17, 15) is 4.79 Å². The van der Waals surface area contributed by atoms with Crippen LogP contribution >= 0.6 is 0 Å². The summed E-state index contributed by atoms with van der Waals surface area (Å²) in [5.41, 5.74) is 2.35. The Bertz CT molecular complexity index is 500. The van der Waals surface area contributed by atoms with Crippen molar-refractivity contribution in [1.82, 2.24) is 20.0 Å². The Balaban J connectivity index is 1.61. The van der Waals surface area contributed by atoms with Crippen LogP contribution in [0.5, 0.6) is 0 Å². The van der Waals surface area contributed by atoms with E-state index in [0.717, 1.165) is 57.6 Å². The second-order valence-electron chi connectivity index (χ2n) is 6.33. The van der Waals surface area contributed by atoms with E-state index in [2.05, 4.69) is 28.4 Å². The summed E-state index contributed by atoms with van der Waals surface area (Å²) in [7, 11) is 1.97. The number of amides is 1. The molecule has 0 radical (unpaired) electrons. The molecule has 0 unspecified atom stereocenters. The van der Waals surface area contributed by atoms with Crippen LogP contribution < -0.4 is 5.32 Å². The average Bonchev–Trinajstić information content (AvgIpc) is 2.74. The lowest BCUT2D eigenvalue weighted by molar-refractivity contribution is -0.136. The molecule has 0 aliphatic carbocycles. The fraction of sp³-hybridized carbons (Fsp3) is 0.733. The molecule has 0 bridgehead atoms. The molecule has 3 rings (SSSR count). The van der Waals surface area contributed by atoms with Gasteiger partial charge in [-0.1, -0.05) is 0 Å². The SMILES string of the molecule is Cc1nn(C)cc1CN1CCC2(CCCNC2=O)CC1. The van der Waals surface area contributed by atoms with E-state index < -0.39 is 0 Å². The number of hydrogen-bond donors (Lipinski definition) is 1. The normalized spacial score (nSPS) is 23.0. The highest BCUT2D eigenvalue weighted by Gasteiger charge is 2.42. The number of carbonyl (C=O) groups excluding carboxylic acids is 1. The highest BCUT2D eigenvalue weighted by atomic mass is 16.2. The molecule has 2 aliphatic heterocycles. The standard InChI is InChI=1S/C15H24N4O/c1-12-13(10-18(2)17-12)11-19-8-5-15(6-9-19)4-3-7-16-14(15)20/h10H,3-9,11H2,1-2H3,(H,16,20). The van der Waals surface area contributed by atoms with Crippen LogP contribution in [0.3, 0.4) is 0 Å². The first-order valence-electron chi connectivity index (χ1n) is 7.59. The minimum Gasteiger partial charge on any atom is -0.356 e. The first-order chi connectivity index (χ1) is 9.59. The van der Waals surface area contributed by atoms with Gasteiger partial charge < -0.3 is 5.32 Å². The highest BCUT2D eigenvalue weighted by Crippen LogP contribution is 2.38. The van der Waals surface area contributed by atoms with Gasteiger partial charge in [-0.3, -0.25) is 14.4 Å². The molecule has 0 atom stereocenters. The maximum Gasteiger partial charge on any atom is 0.226 e. The van der Waals surface area contributed by atoms with Crippen LogP contribution in [-0.2, 0) is 18.4 Å². The van der Waals surface area contributed by atoms with Crippen molar-refractivity contribution in [1.29, 1.82) is 0 Å². The summed E-state index contributed by atoms with van der Waals surface area (Å²) in [6, 6.07) is 0. The van der Waals surface area contributed by atoms with Gasteiger partial charge in [0.25, 0.3) is 0 Å². The fourth-order valence-electron chi connectivity index (χ4n) is 3.59. The quantitative estimate of drug-likeness (QED) is 0.883. The van der Waals surface area contributed by atoms with Crippen molar-refractivity contribution in [3.8, 4) is 0 Å². The number of nitrogens with zero attached hydrogens (tertiary/aromatic N) is 3. The van der Waals surface area contributed by atoms with Crippen LogP contribution in [0.4, 0.5) is 0 Å². The molecule has 20 heavy (non-hydrogen) atoms. The van der Waals surface area contributed by atoms with E-state index in [0.29, 0.717) is 5.91 Å². The Morgan fingerprint density at radius 2 is 2.10 bits per heavy atom. The Kier molecular flexibility index (Phi) is 3.54. The molecule has 5 heteroatoms. The van der Waals surface area contributed by atoms with Crippen LogP contribution in [0.15, 0.2) is 6.20 Å². The molecule has 2 fully saturated rings. The molecule has 110 valence electrons. The predicted molar refractivity (Wildman–Crippen MR) is 77.1 cm³/mol. The summed E-state index contributed by atoms with van der Waals surface area (Å²) in [5, 5.41) is 7.45. The van der Waals surface area contributed by atoms with Gasteiger partial charge >= 0.3 is 0 Å². The van der Waals surface area contributed by atoms with Gasteiger partial charge in [-0.15, -0.1) is 0 Å². The van der Waals surface area contributed by atoms with Gasteiger partial charge in [0.2, 0.25) is 5.91 Å². The van der Waals surface area contributed by atoms with E-state index in [1.54, 1.807) is 0 Å². The number of nitrogens with one attached hydrogen (secondary N) is 1. The van der Waals surface area contributed by atoms with Crippen molar-refractivity contribution < 1.29 is 4.79 Å². The van der Waals surface area contributed by atoms with Gasteiger partial charge in [0.15, 0.2) is 0 Å².